The summed E-state index contributed by atoms with van der Waals surface area (Å²) in [5.41, 5.74) is 0.799. The van der Waals surface area contributed by atoms with E-state index in [2.05, 4.69) is 14.9 Å². The van der Waals surface area contributed by atoms with Gasteiger partial charge < -0.3 is 9.64 Å². The minimum atomic E-state index is 0.326. The van der Waals surface area contributed by atoms with Crippen molar-refractivity contribution in [3.63, 3.8) is 0 Å². The molecule has 2 heterocycles. The molecule has 88 valence electrons. The van der Waals surface area contributed by atoms with Crippen LogP contribution in [0.4, 0.5) is 5.82 Å². The van der Waals surface area contributed by atoms with E-state index in [0.717, 1.165) is 37.5 Å². The topological polar surface area (TPSA) is 38.2 Å². The molecule has 0 atom stereocenters. The minimum absolute atomic E-state index is 0.326. The molecule has 1 aromatic rings. The molecule has 0 radical (unpaired) electrons. The maximum Gasteiger partial charge on any atom is 0.138 e. The van der Waals surface area contributed by atoms with E-state index in [1.54, 1.807) is 0 Å². The summed E-state index contributed by atoms with van der Waals surface area (Å²) in [6.07, 6.45) is 2.46. The predicted octanol–water partition coefficient (Wildman–Crippen LogP) is 2.10. The van der Waals surface area contributed by atoms with E-state index in [0.29, 0.717) is 17.6 Å². The molecule has 16 heavy (non-hydrogen) atoms. The molecule has 0 aliphatic carbocycles. The molecule has 1 aliphatic rings. The van der Waals surface area contributed by atoms with Gasteiger partial charge >= 0.3 is 0 Å². The highest BCUT2D eigenvalue weighted by Gasteiger charge is 2.17. The SMILES string of the molecule is ClCc1c(Cl)ncnc1N1CCCOCC1. The molecule has 2 rings (SSSR count). The highest BCUT2D eigenvalue weighted by Crippen LogP contribution is 2.25. The molecule has 1 aromatic heterocycles. The third kappa shape index (κ3) is 2.56. The zero-order valence-electron chi connectivity index (χ0n) is 8.83. The zero-order valence-corrected chi connectivity index (χ0v) is 10.3. The van der Waals surface area contributed by atoms with Gasteiger partial charge in [-0.1, -0.05) is 11.6 Å². The van der Waals surface area contributed by atoms with Crippen molar-refractivity contribution in [1.82, 2.24) is 9.97 Å². The second-order valence-corrected chi connectivity index (χ2v) is 4.18. The Kier molecular flexibility index (Phi) is 4.21. The van der Waals surface area contributed by atoms with Gasteiger partial charge in [-0.05, 0) is 6.42 Å². The average Bonchev–Trinajstić information content (AvgIpc) is 2.57. The van der Waals surface area contributed by atoms with Crippen LogP contribution in [0.3, 0.4) is 0 Å². The Morgan fingerprint density at radius 3 is 3.00 bits per heavy atom. The van der Waals surface area contributed by atoms with E-state index in [1.807, 2.05) is 0 Å². The fourth-order valence-electron chi connectivity index (χ4n) is 1.73. The molecule has 1 fully saturated rings. The Bertz CT molecular complexity index is 354. The Hall–Kier alpha value is -0.580. The number of alkyl halides is 1. The fourth-order valence-corrected chi connectivity index (χ4v) is 2.24. The normalized spacial score (nSPS) is 17.2. The van der Waals surface area contributed by atoms with Crippen molar-refractivity contribution in [2.24, 2.45) is 0 Å². The molecular weight excluding hydrogens is 249 g/mol. The van der Waals surface area contributed by atoms with Crippen LogP contribution in [0.25, 0.3) is 0 Å². The lowest BCUT2D eigenvalue weighted by atomic mass is 10.3. The second-order valence-electron chi connectivity index (χ2n) is 3.55. The number of rotatable bonds is 2. The average molecular weight is 262 g/mol. The van der Waals surface area contributed by atoms with Crippen molar-refractivity contribution in [3.8, 4) is 0 Å². The quantitative estimate of drug-likeness (QED) is 0.604. The van der Waals surface area contributed by atoms with Crippen LogP contribution in [-0.2, 0) is 10.6 Å². The van der Waals surface area contributed by atoms with Gasteiger partial charge in [-0.2, -0.15) is 0 Å². The second kappa shape index (κ2) is 5.66. The fraction of sp³-hybridized carbons (Fsp3) is 0.600. The van der Waals surface area contributed by atoms with Crippen LogP contribution < -0.4 is 4.90 Å². The summed E-state index contributed by atoms with van der Waals surface area (Å²) in [6, 6.07) is 0. The van der Waals surface area contributed by atoms with Gasteiger partial charge in [-0.15, -0.1) is 11.6 Å². The van der Waals surface area contributed by atoms with E-state index in [9.17, 15) is 0 Å². The van der Waals surface area contributed by atoms with Gasteiger partial charge in [-0.25, -0.2) is 9.97 Å². The molecule has 6 heteroatoms. The van der Waals surface area contributed by atoms with Crippen LogP contribution in [0.5, 0.6) is 0 Å². The maximum absolute atomic E-state index is 6.00. The third-order valence-corrected chi connectivity index (χ3v) is 3.12. The first kappa shape index (κ1) is 11.9. The molecule has 0 unspecified atom stereocenters. The summed E-state index contributed by atoms with van der Waals surface area (Å²) in [5, 5.41) is 0.435. The molecule has 0 bridgehead atoms. The Morgan fingerprint density at radius 1 is 1.31 bits per heavy atom. The minimum Gasteiger partial charge on any atom is -0.380 e. The third-order valence-electron chi connectivity index (χ3n) is 2.53. The van der Waals surface area contributed by atoms with Crippen LogP contribution in [0.1, 0.15) is 12.0 Å². The van der Waals surface area contributed by atoms with Crippen molar-refractivity contribution in [1.29, 1.82) is 0 Å². The van der Waals surface area contributed by atoms with Crippen LogP contribution in [0, 0.1) is 0 Å². The highest BCUT2D eigenvalue weighted by atomic mass is 35.5. The molecular formula is C10H13Cl2N3O. The first-order chi connectivity index (χ1) is 7.83. The lowest BCUT2D eigenvalue weighted by Gasteiger charge is -2.22. The Morgan fingerprint density at radius 2 is 2.19 bits per heavy atom. The summed E-state index contributed by atoms with van der Waals surface area (Å²) in [4.78, 5) is 10.4. The number of anilines is 1. The monoisotopic (exact) mass is 261 g/mol. The summed E-state index contributed by atoms with van der Waals surface area (Å²) < 4.78 is 5.40. The molecule has 0 N–H and O–H groups in total. The van der Waals surface area contributed by atoms with Crippen molar-refractivity contribution >= 4 is 29.0 Å². The van der Waals surface area contributed by atoms with Crippen LogP contribution in [-0.4, -0.2) is 36.3 Å². The maximum atomic E-state index is 6.00. The largest absolute Gasteiger partial charge is 0.380 e. The van der Waals surface area contributed by atoms with E-state index < -0.39 is 0 Å². The number of hydrogen-bond acceptors (Lipinski definition) is 4. The van der Waals surface area contributed by atoms with Gasteiger partial charge in [-0.3, -0.25) is 0 Å². The molecule has 1 aliphatic heterocycles. The van der Waals surface area contributed by atoms with Crippen LogP contribution in [0.15, 0.2) is 6.33 Å². The number of ether oxygens (including phenoxy) is 1. The summed E-state index contributed by atoms with van der Waals surface area (Å²) in [7, 11) is 0. The van der Waals surface area contributed by atoms with Gasteiger partial charge in [0.05, 0.1) is 12.5 Å². The van der Waals surface area contributed by atoms with Crippen molar-refractivity contribution < 1.29 is 4.74 Å². The van der Waals surface area contributed by atoms with E-state index in [4.69, 9.17) is 27.9 Å². The first-order valence-electron chi connectivity index (χ1n) is 5.21. The number of nitrogens with zero attached hydrogens (tertiary/aromatic N) is 3. The van der Waals surface area contributed by atoms with Gasteiger partial charge in [0.2, 0.25) is 0 Å². The smallest absolute Gasteiger partial charge is 0.138 e. The van der Waals surface area contributed by atoms with Gasteiger partial charge in [0, 0.05) is 25.3 Å². The van der Waals surface area contributed by atoms with E-state index in [-0.39, 0.29) is 0 Å². The summed E-state index contributed by atoms with van der Waals surface area (Å²) >= 11 is 11.9. The Labute approximate surface area is 105 Å². The predicted molar refractivity (Wildman–Crippen MR) is 64.2 cm³/mol. The molecule has 0 aromatic carbocycles. The summed E-state index contributed by atoms with van der Waals surface area (Å²) in [6.45, 7) is 3.24. The lowest BCUT2D eigenvalue weighted by Crippen LogP contribution is -2.28. The van der Waals surface area contributed by atoms with Gasteiger partial charge in [0.15, 0.2) is 0 Å². The standard InChI is InChI=1S/C10H13Cl2N3O/c11-6-8-9(12)13-7-14-10(8)15-2-1-4-16-5-3-15/h7H,1-6H2. The number of hydrogen-bond donors (Lipinski definition) is 0. The zero-order chi connectivity index (χ0) is 11.4. The number of aromatic nitrogens is 2. The highest BCUT2D eigenvalue weighted by molar-refractivity contribution is 6.31. The molecule has 0 saturated carbocycles. The van der Waals surface area contributed by atoms with Crippen LogP contribution >= 0.6 is 23.2 Å². The first-order valence-corrected chi connectivity index (χ1v) is 6.12. The van der Waals surface area contributed by atoms with E-state index >= 15 is 0 Å². The number of halogens is 2. The molecule has 1 saturated heterocycles. The Balaban J connectivity index is 2.27. The van der Waals surface area contributed by atoms with E-state index in [1.165, 1.54) is 6.33 Å². The van der Waals surface area contributed by atoms with Crippen molar-refractivity contribution in [2.75, 3.05) is 31.2 Å². The van der Waals surface area contributed by atoms with Gasteiger partial charge in [0.25, 0.3) is 0 Å². The molecule has 4 nitrogen and oxygen atoms in total. The van der Waals surface area contributed by atoms with Crippen LogP contribution in [0.2, 0.25) is 5.15 Å². The van der Waals surface area contributed by atoms with Crippen molar-refractivity contribution in [2.45, 2.75) is 12.3 Å². The summed E-state index contributed by atoms with van der Waals surface area (Å²) in [5.74, 6) is 1.16. The molecule has 0 spiro atoms. The van der Waals surface area contributed by atoms with Crippen molar-refractivity contribution in [3.05, 3.63) is 17.0 Å². The lowest BCUT2D eigenvalue weighted by molar-refractivity contribution is 0.152. The molecule has 0 amide bonds. The van der Waals surface area contributed by atoms with Gasteiger partial charge in [0.1, 0.15) is 17.3 Å².